The number of hydrogen-bond acceptors (Lipinski definition) is 4. The fourth-order valence-electron chi connectivity index (χ4n) is 4.34. The summed E-state index contributed by atoms with van der Waals surface area (Å²) < 4.78 is 5.33. The Morgan fingerprint density at radius 3 is 2.67 bits per heavy atom. The van der Waals surface area contributed by atoms with Crippen LogP contribution in [0.25, 0.3) is 22.2 Å². The smallest absolute Gasteiger partial charge is 0.423 e. The highest BCUT2D eigenvalue weighted by atomic mass is 16.6. The van der Waals surface area contributed by atoms with Gasteiger partial charge in [0.25, 0.3) is 0 Å². The van der Waals surface area contributed by atoms with Crippen molar-refractivity contribution in [1.29, 1.82) is 0 Å². The molecule has 1 unspecified atom stereocenters. The van der Waals surface area contributed by atoms with Crippen LogP contribution >= 0.6 is 0 Å². The van der Waals surface area contributed by atoms with Crippen LogP contribution in [0.5, 0.6) is 0 Å². The number of H-pyrrole nitrogens is 1. The molecule has 1 atom stereocenters. The quantitative estimate of drug-likeness (QED) is 0.306. The fraction of sp³-hybridized carbons (Fsp3) is 0.130. The summed E-state index contributed by atoms with van der Waals surface area (Å²) in [6.07, 6.45) is 0. The number of nitrogens with zero attached hydrogens (tertiary/aromatic N) is 1. The molecule has 30 heavy (non-hydrogen) atoms. The van der Waals surface area contributed by atoms with Crippen molar-refractivity contribution in [3.8, 4) is 11.3 Å². The average molecular weight is 398 g/mol. The van der Waals surface area contributed by atoms with E-state index >= 15 is 0 Å². The summed E-state index contributed by atoms with van der Waals surface area (Å²) in [6.45, 7) is 0.141. The molecule has 1 aromatic heterocycles. The molecule has 1 aliphatic rings. The summed E-state index contributed by atoms with van der Waals surface area (Å²) in [5.74, 6) is -0.401. The molecule has 3 aromatic carbocycles. The summed E-state index contributed by atoms with van der Waals surface area (Å²) in [7, 11) is -0.900. The van der Waals surface area contributed by atoms with Crippen molar-refractivity contribution in [2.24, 2.45) is 0 Å². The number of benzene rings is 3. The van der Waals surface area contributed by atoms with Crippen LogP contribution in [0.15, 0.2) is 72.8 Å². The van der Waals surface area contributed by atoms with E-state index in [9.17, 15) is 15.1 Å². The lowest BCUT2D eigenvalue weighted by molar-refractivity contribution is -0.481. The van der Waals surface area contributed by atoms with E-state index in [2.05, 4.69) is 4.98 Å². The molecule has 0 bridgehead atoms. The Morgan fingerprint density at radius 1 is 1.10 bits per heavy atom. The Morgan fingerprint density at radius 2 is 1.87 bits per heavy atom. The van der Waals surface area contributed by atoms with E-state index in [0.29, 0.717) is 6.61 Å². The van der Waals surface area contributed by atoms with Gasteiger partial charge in [-0.2, -0.15) is 0 Å². The van der Waals surface area contributed by atoms with Crippen molar-refractivity contribution in [1.82, 2.24) is 4.98 Å². The van der Waals surface area contributed by atoms with Crippen LogP contribution in [0.3, 0.4) is 0 Å². The normalized spacial score (nSPS) is 14.1. The van der Waals surface area contributed by atoms with E-state index in [4.69, 9.17) is 4.65 Å². The molecule has 2 N–H and O–H groups in total. The van der Waals surface area contributed by atoms with E-state index in [1.54, 1.807) is 0 Å². The Kier molecular flexibility index (Phi) is 4.61. The minimum absolute atomic E-state index is 0.203. The van der Waals surface area contributed by atoms with Crippen molar-refractivity contribution < 1.29 is 14.6 Å². The van der Waals surface area contributed by atoms with Crippen molar-refractivity contribution in [3.05, 3.63) is 99.6 Å². The van der Waals surface area contributed by atoms with Gasteiger partial charge in [-0.05, 0) is 39.8 Å². The Labute approximate surface area is 173 Å². The zero-order valence-electron chi connectivity index (χ0n) is 16.1. The first kappa shape index (κ1) is 18.6. The molecule has 0 saturated carbocycles. The Hall–Kier alpha value is -3.42. The number of nitro groups is 1. The maximum atomic E-state index is 11.6. The number of nitrogens with one attached hydrogen (secondary N) is 1. The minimum Gasteiger partial charge on any atom is -0.423 e. The van der Waals surface area contributed by atoms with E-state index in [1.807, 2.05) is 72.8 Å². The van der Waals surface area contributed by atoms with Gasteiger partial charge in [0.2, 0.25) is 6.54 Å². The predicted molar refractivity (Wildman–Crippen MR) is 116 cm³/mol. The van der Waals surface area contributed by atoms with Gasteiger partial charge in [-0.15, -0.1) is 0 Å². The van der Waals surface area contributed by atoms with Crippen molar-refractivity contribution in [3.63, 3.8) is 0 Å². The third-order valence-electron chi connectivity index (χ3n) is 5.72. The van der Waals surface area contributed by atoms with Crippen molar-refractivity contribution in [2.75, 3.05) is 6.54 Å². The van der Waals surface area contributed by atoms with Gasteiger partial charge in [-0.3, -0.25) is 10.1 Å². The lowest BCUT2D eigenvalue weighted by Crippen LogP contribution is -2.27. The molecule has 0 saturated heterocycles. The van der Waals surface area contributed by atoms with Crippen LogP contribution in [-0.4, -0.2) is 28.6 Å². The topological polar surface area (TPSA) is 88.4 Å². The number of aromatic nitrogens is 1. The summed E-state index contributed by atoms with van der Waals surface area (Å²) >= 11 is 0. The lowest BCUT2D eigenvalue weighted by atomic mass is 9.78. The van der Waals surface area contributed by atoms with Crippen LogP contribution in [0.4, 0.5) is 0 Å². The first-order valence-electron chi connectivity index (χ1n) is 9.82. The predicted octanol–water partition coefficient (Wildman–Crippen LogP) is 3.46. The molecule has 1 aliphatic heterocycles. The molecule has 7 heteroatoms. The molecule has 2 heterocycles. The Balaban J connectivity index is 1.74. The molecule has 4 aromatic rings. The van der Waals surface area contributed by atoms with Gasteiger partial charge < -0.3 is 14.7 Å². The van der Waals surface area contributed by atoms with Gasteiger partial charge in [0.05, 0.1) is 18.2 Å². The fourth-order valence-corrected chi connectivity index (χ4v) is 4.34. The molecule has 6 nitrogen and oxygen atoms in total. The number of rotatable bonds is 5. The van der Waals surface area contributed by atoms with Gasteiger partial charge in [-0.1, -0.05) is 60.7 Å². The zero-order chi connectivity index (χ0) is 20.7. The molecule has 0 fully saturated rings. The summed E-state index contributed by atoms with van der Waals surface area (Å²) in [4.78, 5) is 14.8. The van der Waals surface area contributed by atoms with Gasteiger partial charge in [0.15, 0.2) is 0 Å². The summed E-state index contributed by atoms with van der Waals surface area (Å²) in [5, 5.41) is 22.5. The second-order valence-corrected chi connectivity index (χ2v) is 7.51. The first-order chi connectivity index (χ1) is 14.6. The maximum absolute atomic E-state index is 11.6. The third-order valence-corrected chi connectivity index (χ3v) is 5.72. The second kappa shape index (κ2) is 7.44. The second-order valence-electron chi connectivity index (χ2n) is 7.51. The highest BCUT2D eigenvalue weighted by molar-refractivity contribution is 6.61. The first-order valence-corrected chi connectivity index (χ1v) is 9.82. The molecular formula is C23H19BN2O4. The highest BCUT2D eigenvalue weighted by Gasteiger charge is 2.30. The van der Waals surface area contributed by atoms with Gasteiger partial charge in [-0.25, -0.2) is 0 Å². The average Bonchev–Trinajstić information content (AvgIpc) is 3.33. The molecule has 5 rings (SSSR count). The summed E-state index contributed by atoms with van der Waals surface area (Å²) in [6, 6.07) is 23.3. The van der Waals surface area contributed by atoms with Gasteiger partial charge in [0, 0.05) is 15.8 Å². The minimum atomic E-state index is -0.900. The molecule has 148 valence electrons. The van der Waals surface area contributed by atoms with E-state index in [0.717, 1.165) is 44.3 Å². The number of fused-ring (bicyclic) bond motifs is 2. The van der Waals surface area contributed by atoms with Gasteiger partial charge >= 0.3 is 7.12 Å². The molecule has 0 aliphatic carbocycles. The SMILES string of the molecule is O=[N+]([O-])CC(c1ccccc1)c1c(-c2ccc3c(c2)COB3O)[nH]c2ccccc12. The number of para-hydroxylation sites is 1. The molecule has 0 spiro atoms. The Bertz CT molecular complexity index is 1240. The van der Waals surface area contributed by atoms with E-state index < -0.39 is 13.0 Å². The highest BCUT2D eigenvalue weighted by Crippen LogP contribution is 2.39. The van der Waals surface area contributed by atoms with E-state index in [-0.39, 0.29) is 11.5 Å². The standard InChI is InChI=1S/C23H19BN2O4/c27-24-20-11-10-16(12-17(20)14-30-24)23-22(18-8-4-5-9-21(18)25-23)19(13-26(28)29)15-6-2-1-3-7-15/h1-12,19,25,27H,13-14H2. The molecule has 0 amide bonds. The van der Waals surface area contributed by atoms with Crippen molar-refractivity contribution >= 4 is 23.5 Å². The van der Waals surface area contributed by atoms with Crippen LogP contribution in [0.1, 0.15) is 22.6 Å². The lowest BCUT2D eigenvalue weighted by Gasteiger charge is -2.16. The molecular weight excluding hydrogens is 379 g/mol. The van der Waals surface area contributed by atoms with Crippen LogP contribution in [0, 0.1) is 10.1 Å². The largest absolute Gasteiger partial charge is 0.491 e. The van der Waals surface area contributed by atoms with Crippen LogP contribution in [0.2, 0.25) is 0 Å². The van der Waals surface area contributed by atoms with Crippen LogP contribution in [-0.2, 0) is 11.3 Å². The van der Waals surface area contributed by atoms with E-state index in [1.165, 1.54) is 0 Å². The number of aromatic amines is 1. The monoisotopic (exact) mass is 398 g/mol. The summed E-state index contributed by atoms with van der Waals surface area (Å²) in [5.41, 5.74) is 6.21. The number of hydrogen-bond donors (Lipinski definition) is 2. The molecule has 0 radical (unpaired) electrons. The van der Waals surface area contributed by atoms with Crippen LogP contribution < -0.4 is 5.46 Å². The third kappa shape index (κ3) is 3.18. The zero-order valence-corrected chi connectivity index (χ0v) is 16.1. The van der Waals surface area contributed by atoms with Gasteiger partial charge in [0.1, 0.15) is 0 Å². The van der Waals surface area contributed by atoms with Crippen molar-refractivity contribution in [2.45, 2.75) is 12.5 Å². The maximum Gasteiger partial charge on any atom is 0.491 e.